The van der Waals surface area contributed by atoms with E-state index < -0.39 is 27.4 Å². The number of likely N-dealkylation sites (tertiary alicyclic amines) is 1. The molecule has 7 nitrogen and oxygen atoms in total. The van der Waals surface area contributed by atoms with Crippen molar-refractivity contribution >= 4 is 52.5 Å². The monoisotopic (exact) mass is 621 g/mol. The molecular weight excluding hydrogens is 582 g/mol. The Balaban J connectivity index is 1.57. The van der Waals surface area contributed by atoms with Crippen molar-refractivity contribution < 1.29 is 19.5 Å². The van der Waals surface area contributed by atoms with Crippen molar-refractivity contribution in [3.05, 3.63) is 84.9 Å². The number of anilines is 2. The van der Waals surface area contributed by atoms with Crippen molar-refractivity contribution in [1.29, 1.82) is 0 Å². The molecule has 3 heterocycles. The van der Waals surface area contributed by atoms with Gasteiger partial charge in [-0.25, -0.2) is 0 Å². The van der Waals surface area contributed by atoms with Crippen LogP contribution in [0.4, 0.5) is 11.4 Å². The first-order valence-corrected chi connectivity index (χ1v) is 16.2. The van der Waals surface area contributed by atoms with Gasteiger partial charge in [0.15, 0.2) is 0 Å². The maximum absolute atomic E-state index is 14.7. The molecule has 228 valence electrons. The van der Waals surface area contributed by atoms with E-state index in [2.05, 4.69) is 20.1 Å². The molecule has 3 aliphatic rings. The van der Waals surface area contributed by atoms with Crippen LogP contribution in [-0.4, -0.2) is 69.5 Å². The SMILES string of the molecule is C=CCN(C(=O)C1N(CCCCCO)C(=O)[C@@H]2[C@H](C(=O)N(CC=C)c3ccccc3)[C@]3(C)CCC12S3)c1ccc(Cl)cc1. The second-order valence-electron chi connectivity index (χ2n) is 11.8. The van der Waals surface area contributed by atoms with Crippen LogP contribution in [0, 0.1) is 11.8 Å². The Hall–Kier alpha value is -3.07. The lowest BCUT2D eigenvalue weighted by atomic mass is 9.66. The Bertz CT molecular complexity index is 1370. The number of para-hydroxylation sites is 1. The van der Waals surface area contributed by atoms with E-state index in [-0.39, 0.29) is 30.9 Å². The molecule has 43 heavy (non-hydrogen) atoms. The average Bonchev–Trinajstić information content (AvgIpc) is 3.57. The number of hydrogen-bond acceptors (Lipinski definition) is 5. The molecule has 0 radical (unpaired) electrons. The number of amides is 3. The van der Waals surface area contributed by atoms with Gasteiger partial charge < -0.3 is 19.8 Å². The van der Waals surface area contributed by atoms with Gasteiger partial charge in [0.1, 0.15) is 6.04 Å². The van der Waals surface area contributed by atoms with E-state index >= 15 is 0 Å². The minimum absolute atomic E-state index is 0.0793. The molecule has 2 aromatic carbocycles. The van der Waals surface area contributed by atoms with E-state index in [0.29, 0.717) is 43.1 Å². The van der Waals surface area contributed by atoms with Gasteiger partial charge in [-0.15, -0.1) is 24.9 Å². The highest BCUT2D eigenvalue weighted by atomic mass is 35.5. The van der Waals surface area contributed by atoms with Crippen molar-refractivity contribution in [1.82, 2.24) is 4.90 Å². The van der Waals surface area contributed by atoms with Gasteiger partial charge in [-0.05, 0) is 75.4 Å². The predicted molar refractivity (Wildman–Crippen MR) is 174 cm³/mol. The number of nitrogens with zero attached hydrogens (tertiary/aromatic N) is 3. The molecule has 1 N–H and O–H groups in total. The van der Waals surface area contributed by atoms with Crippen molar-refractivity contribution in [3.63, 3.8) is 0 Å². The first-order valence-electron chi connectivity index (χ1n) is 15.0. The number of halogens is 1. The molecule has 5 atom stereocenters. The lowest BCUT2D eigenvalue weighted by Crippen LogP contribution is -2.55. The van der Waals surface area contributed by atoms with E-state index in [1.807, 2.05) is 30.3 Å². The van der Waals surface area contributed by atoms with Crippen LogP contribution < -0.4 is 9.80 Å². The van der Waals surface area contributed by atoms with E-state index in [0.717, 1.165) is 18.5 Å². The first-order chi connectivity index (χ1) is 20.7. The van der Waals surface area contributed by atoms with Crippen LogP contribution >= 0.6 is 23.4 Å². The summed E-state index contributed by atoms with van der Waals surface area (Å²) in [5.74, 6) is -1.61. The van der Waals surface area contributed by atoms with Gasteiger partial charge in [0, 0.05) is 47.4 Å². The van der Waals surface area contributed by atoms with Gasteiger partial charge in [0.2, 0.25) is 11.8 Å². The van der Waals surface area contributed by atoms with Crippen LogP contribution in [0.2, 0.25) is 5.02 Å². The fourth-order valence-corrected chi connectivity index (χ4v) is 9.81. The van der Waals surface area contributed by atoms with Crippen LogP contribution in [-0.2, 0) is 14.4 Å². The Kier molecular flexibility index (Phi) is 9.40. The van der Waals surface area contributed by atoms with Crippen molar-refractivity contribution in [2.45, 2.75) is 54.6 Å². The van der Waals surface area contributed by atoms with Crippen LogP contribution in [0.1, 0.15) is 39.0 Å². The van der Waals surface area contributed by atoms with E-state index in [1.54, 1.807) is 62.9 Å². The number of aliphatic hydroxyl groups excluding tert-OH is 1. The number of carbonyl (C=O) groups is 3. The largest absolute Gasteiger partial charge is 0.396 e. The summed E-state index contributed by atoms with van der Waals surface area (Å²) in [5, 5.41) is 9.91. The molecule has 2 bridgehead atoms. The Morgan fingerprint density at radius 1 is 0.977 bits per heavy atom. The number of aliphatic hydroxyl groups is 1. The van der Waals surface area contributed by atoms with Gasteiger partial charge in [0.25, 0.3) is 5.91 Å². The van der Waals surface area contributed by atoms with Crippen molar-refractivity contribution in [2.24, 2.45) is 11.8 Å². The minimum atomic E-state index is -0.734. The van der Waals surface area contributed by atoms with Crippen molar-refractivity contribution in [3.8, 4) is 0 Å². The fraction of sp³-hybridized carbons (Fsp3) is 0.441. The second-order valence-corrected chi connectivity index (χ2v) is 14.2. The summed E-state index contributed by atoms with van der Waals surface area (Å²) in [5.41, 5.74) is 1.44. The zero-order chi connectivity index (χ0) is 30.8. The molecule has 3 aliphatic heterocycles. The summed E-state index contributed by atoms with van der Waals surface area (Å²) >= 11 is 7.83. The van der Waals surface area contributed by atoms with Gasteiger partial charge in [0.05, 0.1) is 16.6 Å². The lowest BCUT2D eigenvalue weighted by Gasteiger charge is -2.38. The second kappa shape index (κ2) is 12.9. The van der Waals surface area contributed by atoms with E-state index in [4.69, 9.17) is 11.6 Å². The number of benzene rings is 2. The summed E-state index contributed by atoms with van der Waals surface area (Å²) in [4.78, 5) is 49.0. The first kappa shape index (κ1) is 31.4. The Morgan fingerprint density at radius 2 is 1.60 bits per heavy atom. The number of hydrogen-bond donors (Lipinski definition) is 1. The molecule has 0 aliphatic carbocycles. The number of rotatable bonds is 13. The topological polar surface area (TPSA) is 81.2 Å². The number of unbranched alkanes of at least 4 members (excludes halogenated alkanes) is 2. The maximum atomic E-state index is 14.7. The summed E-state index contributed by atoms with van der Waals surface area (Å²) in [7, 11) is 0. The average molecular weight is 622 g/mol. The Morgan fingerprint density at radius 3 is 2.23 bits per heavy atom. The molecule has 3 fully saturated rings. The predicted octanol–water partition coefficient (Wildman–Crippen LogP) is 5.72. The molecular formula is C34H40ClN3O4S. The summed E-state index contributed by atoms with van der Waals surface area (Å²) in [6, 6.07) is 15.9. The van der Waals surface area contributed by atoms with Crippen molar-refractivity contribution in [2.75, 3.05) is 36.0 Å². The maximum Gasteiger partial charge on any atom is 0.251 e. The van der Waals surface area contributed by atoms with Gasteiger partial charge in [-0.3, -0.25) is 14.4 Å². The van der Waals surface area contributed by atoms with Gasteiger partial charge in [-0.2, -0.15) is 0 Å². The molecule has 0 saturated carbocycles. The molecule has 2 aromatic rings. The molecule has 3 amide bonds. The van der Waals surface area contributed by atoms with E-state index in [9.17, 15) is 19.5 Å². The third kappa shape index (κ3) is 5.54. The third-order valence-corrected chi connectivity index (χ3v) is 11.4. The zero-order valence-corrected chi connectivity index (χ0v) is 26.2. The lowest BCUT2D eigenvalue weighted by molar-refractivity contribution is -0.139. The number of fused-ring (bicyclic) bond motifs is 1. The third-order valence-electron chi connectivity index (χ3n) is 9.20. The highest BCUT2D eigenvalue weighted by molar-refractivity contribution is 8.02. The minimum Gasteiger partial charge on any atom is -0.396 e. The molecule has 3 saturated heterocycles. The van der Waals surface area contributed by atoms with Crippen LogP contribution in [0.3, 0.4) is 0 Å². The quantitative estimate of drug-likeness (QED) is 0.229. The zero-order valence-electron chi connectivity index (χ0n) is 24.7. The molecule has 9 heteroatoms. The summed E-state index contributed by atoms with van der Waals surface area (Å²) < 4.78 is -1.22. The number of carbonyl (C=O) groups excluding carboxylic acids is 3. The standard InChI is InChI=1S/C34H40ClN3O4S/c1-4-20-36(25-12-8-6-9-13-25)30(40)27-28-31(41)38(22-10-7-11-23-39)29(34(28)19-18-33(27,3)43-34)32(42)37(21-5-2)26-16-14-24(35)15-17-26/h4-6,8-9,12-17,27-29,39H,1-2,7,10-11,18-23H2,3H3/t27-,28+,29?,33+,34?/m1/s1. The van der Waals surface area contributed by atoms with Gasteiger partial charge in [-0.1, -0.05) is 42.0 Å². The fourth-order valence-electron chi connectivity index (χ4n) is 7.34. The van der Waals surface area contributed by atoms with Crippen LogP contribution in [0.15, 0.2) is 79.9 Å². The molecule has 0 aromatic heterocycles. The highest BCUT2D eigenvalue weighted by Gasteiger charge is 2.77. The summed E-state index contributed by atoms with van der Waals surface area (Å²) in [6.07, 6.45) is 6.83. The molecule has 2 unspecified atom stereocenters. The number of thioether (sulfide) groups is 1. The van der Waals surface area contributed by atoms with Crippen LogP contribution in [0.25, 0.3) is 0 Å². The van der Waals surface area contributed by atoms with E-state index in [1.165, 1.54) is 0 Å². The van der Waals surface area contributed by atoms with Crippen LogP contribution in [0.5, 0.6) is 0 Å². The normalized spacial score (nSPS) is 27.2. The summed E-state index contributed by atoms with van der Waals surface area (Å²) in [6.45, 7) is 10.9. The molecule has 5 rings (SSSR count). The van der Waals surface area contributed by atoms with Gasteiger partial charge >= 0.3 is 0 Å². The Labute approximate surface area is 263 Å². The highest BCUT2D eigenvalue weighted by Crippen LogP contribution is 2.71. The molecule has 1 spiro atoms. The smallest absolute Gasteiger partial charge is 0.251 e.